The summed E-state index contributed by atoms with van der Waals surface area (Å²) in [7, 11) is 0. The van der Waals surface area contributed by atoms with Crippen molar-refractivity contribution >= 4 is 0 Å². The van der Waals surface area contributed by atoms with Crippen LogP contribution in [0.1, 0.15) is 103 Å². The number of unbranched alkanes of at least 4 members (excludes halogenated alkanes) is 9. The molecule has 0 aliphatic carbocycles. The average Bonchev–Trinajstić information content (AvgIpc) is 2.87. The summed E-state index contributed by atoms with van der Waals surface area (Å²) in [5.74, 6) is 1.11. The van der Waals surface area contributed by atoms with E-state index in [-0.39, 0.29) is 19.4 Å². The molecule has 2 atom stereocenters. The van der Waals surface area contributed by atoms with Gasteiger partial charge in [-0.1, -0.05) is 102 Å². The summed E-state index contributed by atoms with van der Waals surface area (Å²) in [5.41, 5.74) is 2.31. The first-order valence-corrected chi connectivity index (χ1v) is 13.5. The van der Waals surface area contributed by atoms with Crippen molar-refractivity contribution in [1.82, 2.24) is 9.97 Å². The Balaban J connectivity index is 1.65. The van der Waals surface area contributed by atoms with E-state index < -0.39 is 12.3 Å². The van der Waals surface area contributed by atoms with Gasteiger partial charge in [0.15, 0.2) is 11.6 Å². The predicted octanol–water partition coefficient (Wildman–Crippen LogP) is 8.85. The molecule has 0 aliphatic heterocycles. The molecule has 0 radical (unpaired) electrons. The largest absolute Gasteiger partial charge is 0.490 e. The number of benzene rings is 1. The molecule has 0 N–H and O–H groups in total. The van der Waals surface area contributed by atoms with Gasteiger partial charge in [-0.3, -0.25) is 0 Å². The van der Waals surface area contributed by atoms with Gasteiger partial charge in [0.2, 0.25) is 0 Å². The lowest BCUT2D eigenvalue weighted by Gasteiger charge is -2.13. The van der Waals surface area contributed by atoms with Crippen molar-refractivity contribution in [3.8, 4) is 17.1 Å². The smallest absolute Gasteiger partial charge is 0.159 e. The van der Waals surface area contributed by atoms with E-state index in [1.54, 1.807) is 12.4 Å². The van der Waals surface area contributed by atoms with Crippen molar-refractivity contribution in [2.24, 2.45) is 0 Å². The molecule has 0 saturated carbocycles. The molecular formula is C29H44F2N2O. The van der Waals surface area contributed by atoms with Gasteiger partial charge in [0.05, 0.1) is 19.0 Å². The van der Waals surface area contributed by atoms with Gasteiger partial charge in [0.25, 0.3) is 0 Å². The summed E-state index contributed by atoms with van der Waals surface area (Å²) >= 11 is 0. The molecule has 2 unspecified atom stereocenters. The van der Waals surface area contributed by atoms with Crippen LogP contribution in [-0.2, 0) is 6.42 Å². The second-order valence-corrected chi connectivity index (χ2v) is 9.33. The number of ether oxygens (including phenoxy) is 1. The summed E-state index contributed by atoms with van der Waals surface area (Å²) in [4.78, 5) is 8.74. The van der Waals surface area contributed by atoms with Crippen LogP contribution in [0.2, 0.25) is 0 Å². The lowest BCUT2D eigenvalue weighted by molar-refractivity contribution is 0.128. The number of rotatable bonds is 19. The predicted molar refractivity (Wildman–Crippen MR) is 138 cm³/mol. The average molecular weight is 475 g/mol. The summed E-state index contributed by atoms with van der Waals surface area (Å²) in [6.07, 6.45) is 15.4. The summed E-state index contributed by atoms with van der Waals surface area (Å²) < 4.78 is 33.0. The zero-order chi connectivity index (χ0) is 24.4. The Morgan fingerprint density at radius 2 is 1.26 bits per heavy atom. The van der Waals surface area contributed by atoms with Crippen LogP contribution in [0.15, 0.2) is 36.7 Å². The first-order chi connectivity index (χ1) is 16.6. The van der Waals surface area contributed by atoms with Crippen molar-refractivity contribution in [3.05, 3.63) is 42.2 Å². The monoisotopic (exact) mass is 474 g/mol. The molecule has 0 saturated heterocycles. The lowest BCUT2D eigenvalue weighted by atomic mass is 10.0. The highest BCUT2D eigenvalue weighted by Gasteiger charge is 2.19. The molecule has 1 heterocycles. The number of hydrogen-bond donors (Lipinski definition) is 0. The topological polar surface area (TPSA) is 35.0 Å². The van der Waals surface area contributed by atoms with E-state index in [4.69, 9.17) is 4.74 Å². The highest BCUT2D eigenvalue weighted by atomic mass is 19.2. The fraction of sp³-hybridized carbons (Fsp3) is 0.655. The lowest BCUT2D eigenvalue weighted by Crippen LogP contribution is -2.20. The van der Waals surface area contributed by atoms with E-state index in [2.05, 4.69) is 41.2 Å². The van der Waals surface area contributed by atoms with Crippen molar-refractivity contribution in [1.29, 1.82) is 0 Å². The number of hydrogen-bond acceptors (Lipinski definition) is 3. The summed E-state index contributed by atoms with van der Waals surface area (Å²) in [5, 5.41) is 0. The highest BCUT2D eigenvalue weighted by Crippen LogP contribution is 2.20. The molecule has 0 fully saturated rings. The van der Waals surface area contributed by atoms with Crippen LogP contribution in [0.5, 0.6) is 5.75 Å². The molecule has 1 aromatic carbocycles. The Bertz CT molecular complexity index is 752. The number of aromatic nitrogens is 2. The number of halogens is 2. The first kappa shape index (κ1) is 28.2. The third-order valence-corrected chi connectivity index (χ3v) is 6.30. The Labute approximate surface area is 205 Å². The number of aryl methyl sites for hydroxylation is 1. The normalized spacial score (nSPS) is 13.1. The molecule has 1 aromatic heterocycles. The van der Waals surface area contributed by atoms with Crippen LogP contribution in [-0.4, -0.2) is 28.9 Å². The van der Waals surface area contributed by atoms with E-state index in [1.165, 1.54) is 63.4 Å². The van der Waals surface area contributed by atoms with E-state index in [9.17, 15) is 8.78 Å². The van der Waals surface area contributed by atoms with E-state index in [0.29, 0.717) is 18.0 Å². The van der Waals surface area contributed by atoms with Crippen LogP contribution in [0.3, 0.4) is 0 Å². The minimum atomic E-state index is -1.49. The Morgan fingerprint density at radius 3 is 1.88 bits per heavy atom. The maximum absolute atomic E-state index is 13.8. The van der Waals surface area contributed by atoms with E-state index >= 15 is 0 Å². The van der Waals surface area contributed by atoms with E-state index in [1.807, 2.05) is 6.92 Å². The van der Waals surface area contributed by atoms with Crippen LogP contribution >= 0.6 is 0 Å². The zero-order valence-electron chi connectivity index (χ0n) is 21.3. The maximum atomic E-state index is 13.8. The van der Waals surface area contributed by atoms with Crippen LogP contribution < -0.4 is 4.74 Å². The third-order valence-electron chi connectivity index (χ3n) is 6.30. The molecule has 0 bridgehead atoms. The summed E-state index contributed by atoms with van der Waals surface area (Å²) in [6, 6.07) is 8.43. The minimum Gasteiger partial charge on any atom is -0.490 e. The summed E-state index contributed by atoms with van der Waals surface area (Å²) in [6.45, 7) is 4.35. The van der Waals surface area contributed by atoms with Gasteiger partial charge in [-0.05, 0) is 24.8 Å². The number of alkyl halides is 2. The second kappa shape index (κ2) is 17.4. The Hall–Kier alpha value is -2.04. The molecule has 0 spiro atoms. The van der Waals surface area contributed by atoms with Gasteiger partial charge < -0.3 is 4.74 Å². The molecule has 0 amide bonds. The van der Waals surface area contributed by atoms with Gasteiger partial charge in [0, 0.05) is 12.0 Å². The van der Waals surface area contributed by atoms with Crippen molar-refractivity contribution in [3.63, 3.8) is 0 Å². The van der Waals surface area contributed by atoms with Crippen LogP contribution in [0, 0.1) is 0 Å². The first-order valence-electron chi connectivity index (χ1n) is 13.5. The Kier molecular flexibility index (Phi) is 14.4. The van der Waals surface area contributed by atoms with Gasteiger partial charge in [-0.15, -0.1) is 0 Å². The molecule has 34 heavy (non-hydrogen) atoms. The number of nitrogens with zero attached hydrogens (tertiary/aromatic N) is 2. The molecule has 5 heteroatoms. The third kappa shape index (κ3) is 11.4. The van der Waals surface area contributed by atoms with Gasteiger partial charge >= 0.3 is 0 Å². The van der Waals surface area contributed by atoms with Gasteiger partial charge in [-0.25, -0.2) is 18.7 Å². The second-order valence-electron chi connectivity index (χ2n) is 9.33. The quantitative estimate of drug-likeness (QED) is 0.191. The molecule has 0 aliphatic rings. The molecule has 2 aromatic rings. The van der Waals surface area contributed by atoms with Crippen LogP contribution in [0.25, 0.3) is 11.4 Å². The van der Waals surface area contributed by atoms with Crippen molar-refractivity contribution in [2.75, 3.05) is 6.61 Å². The zero-order valence-corrected chi connectivity index (χ0v) is 21.3. The Morgan fingerprint density at radius 1 is 0.706 bits per heavy atom. The maximum Gasteiger partial charge on any atom is 0.159 e. The molecular weight excluding hydrogens is 430 g/mol. The van der Waals surface area contributed by atoms with E-state index in [0.717, 1.165) is 18.4 Å². The van der Waals surface area contributed by atoms with Gasteiger partial charge in [-0.2, -0.15) is 0 Å². The highest BCUT2D eigenvalue weighted by molar-refractivity contribution is 5.55. The molecule has 190 valence electrons. The van der Waals surface area contributed by atoms with Crippen molar-refractivity contribution < 1.29 is 13.5 Å². The fourth-order valence-electron chi connectivity index (χ4n) is 4.05. The van der Waals surface area contributed by atoms with Crippen molar-refractivity contribution in [2.45, 2.75) is 116 Å². The molecule has 2 rings (SSSR count). The molecule has 3 nitrogen and oxygen atoms in total. The van der Waals surface area contributed by atoms with Gasteiger partial charge in [0.1, 0.15) is 12.3 Å². The fourth-order valence-corrected chi connectivity index (χ4v) is 4.05. The standard InChI is InChI=1S/C29H44F2N2O/c1-3-5-7-8-9-10-11-12-13-14-24-16-18-25(19-17-24)29-32-22-26(23-33-29)34-21-20-28(31)27(30)15-6-4-2/h16-19,22-23,27-28H,3-15,20-21H2,1-2H3. The SMILES string of the molecule is CCCCCCCCCCCc1ccc(-c2ncc(OCCC(F)C(F)CCCC)cn2)cc1. The minimum absolute atomic E-state index is 0.0348. The van der Waals surface area contributed by atoms with Crippen LogP contribution in [0.4, 0.5) is 8.78 Å².